The molecule has 0 aromatic carbocycles. The quantitative estimate of drug-likeness (QED) is 0.613. The molecule has 0 bridgehead atoms. The molecule has 0 aromatic rings. The molecule has 0 saturated heterocycles. The summed E-state index contributed by atoms with van der Waals surface area (Å²) in [6.45, 7) is 2.17. The zero-order valence-electron chi connectivity index (χ0n) is 7.00. The van der Waals surface area contributed by atoms with Gasteiger partial charge in [-0.05, 0) is 0 Å². The van der Waals surface area contributed by atoms with Crippen LogP contribution < -0.4 is 0 Å². The first kappa shape index (κ1) is 8.08. The van der Waals surface area contributed by atoms with E-state index in [4.69, 9.17) is 0 Å². The third-order valence-corrected chi connectivity index (χ3v) is 3.05. The number of hydrogen-bond acceptors (Lipinski definition) is 0. The summed E-state index contributed by atoms with van der Waals surface area (Å²) in [7, 11) is 0. The van der Waals surface area contributed by atoms with Crippen molar-refractivity contribution >= 4 is 0 Å². The molecule has 0 nitrogen and oxygen atoms in total. The summed E-state index contributed by atoms with van der Waals surface area (Å²) >= 11 is 4.56. The van der Waals surface area contributed by atoms with E-state index < -0.39 is 0 Å². The van der Waals surface area contributed by atoms with Crippen LogP contribution in [-0.4, -0.2) is 0 Å². The Bertz CT molecular complexity index is 316. The van der Waals surface area contributed by atoms with Crippen molar-refractivity contribution in [3.8, 4) is 0 Å². The molecular weight excluding hydrogens is 191 g/mol. The predicted octanol–water partition coefficient (Wildman–Crippen LogP) is 2.88. The van der Waals surface area contributed by atoms with Crippen molar-refractivity contribution in [2.75, 3.05) is 0 Å². The van der Waals surface area contributed by atoms with E-state index in [0.29, 0.717) is 5.92 Å². The minimum absolute atomic E-state index is 0.501. The van der Waals surface area contributed by atoms with Crippen LogP contribution in [0.4, 0.5) is 0 Å². The summed E-state index contributed by atoms with van der Waals surface area (Å²) in [4.78, 5) is 0. The van der Waals surface area contributed by atoms with Gasteiger partial charge in [0.2, 0.25) is 0 Å². The third-order valence-electron chi connectivity index (χ3n) is 2.29. The molecule has 0 saturated carbocycles. The standard InChI is InChI=1S/C11H11.Co/c1-9-6-7-11(8-9)10-4-2-3-5-10;/h2-4,6-7,9H,5H2,1H3;. The van der Waals surface area contributed by atoms with Gasteiger partial charge in [0, 0.05) is 0 Å². The molecule has 0 heterocycles. The first-order valence-corrected chi connectivity index (χ1v) is 4.73. The van der Waals surface area contributed by atoms with Gasteiger partial charge in [-0.3, -0.25) is 0 Å². The van der Waals surface area contributed by atoms with Crippen LogP contribution in [0.3, 0.4) is 0 Å². The third kappa shape index (κ3) is 1.23. The molecular formula is C11H11Co. The molecule has 0 amide bonds. The zero-order chi connectivity index (χ0) is 8.55. The normalized spacial score (nSPS) is 27.2. The van der Waals surface area contributed by atoms with Gasteiger partial charge in [-0.2, -0.15) is 0 Å². The molecule has 2 rings (SSSR count). The maximum absolute atomic E-state index is 4.56. The molecule has 0 N–H and O–H groups in total. The Kier molecular flexibility index (Phi) is 2.07. The average molecular weight is 202 g/mol. The second-order valence-electron chi connectivity index (χ2n) is 3.21. The Labute approximate surface area is 81.3 Å². The number of allylic oxidation sites excluding steroid dienone is 8. The van der Waals surface area contributed by atoms with E-state index in [1.807, 2.05) is 0 Å². The van der Waals surface area contributed by atoms with E-state index >= 15 is 0 Å². The van der Waals surface area contributed by atoms with Crippen LogP contribution in [0.15, 0.2) is 46.0 Å². The molecule has 64 valence electrons. The summed E-state index contributed by atoms with van der Waals surface area (Å²) in [5.74, 6) is 0.501. The van der Waals surface area contributed by atoms with Crippen LogP contribution in [0.2, 0.25) is 0 Å². The van der Waals surface area contributed by atoms with Crippen molar-refractivity contribution in [2.45, 2.75) is 13.3 Å². The van der Waals surface area contributed by atoms with Gasteiger partial charge in [-0.15, -0.1) is 0 Å². The Hall–Kier alpha value is -0.534. The first-order chi connectivity index (χ1) is 5.79. The fraction of sp³-hybridized carbons (Fsp3) is 0.273. The van der Waals surface area contributed by atoms with Crippen LogP contribution in [-0.2, 0) is 15.7 Å². The zero-order valence-corrected chi connectivity index (χ0v) is 8.05. The monoisotopic (exact) mass is 202 g/mol. The Balaban J connectivity index is 2.30. The topological polar surface area (TPSA) is 0 Å². The van der Waals surface area contributed by atoms with Crippen molar-refractivity contribution in [3.05, 3.63) is 46.0 Å². The van der Waals surface area contributed by atoms with E-state index in [1.54, 1.807) is 0 Å². The van der Waals surface area contributed by atoms with E-state index in [1.165, 1.54) is 15.7 Å². The van der Waals surface area contributed by atoms with Gasteiger partial charge >= 0.3 is 81.0 Å². The SMILES string of the molecule is CC1C=CC(C2=CC=CC2)=[C]1[Co]. The molecule has 0 fully saturated rings. The fourth-order valence-electron chi connectivity index (χ4n) is 1.54. The van der Waals surface area contributed by atoms with Crippen molar-refractivity contribution in [1.29, 1.82) is 0 Å². The van der Waals surface area contributed by atoms with Crippen LogP contribution in [0, 0.1) is 5.92 Å². The minimum atomic E-state index is 0.501. The van der Waals surface area contributed by atoms with E-state index in [9.17, 15) is 0 Å². The number of rotatable bonds is 1. The van der Waals surface area contributed by atoms with Gasteiger partial charge in [0.1, 0.15) is 0 Å². The Morgan fingerprint density at radius 2 is 2.33 bits per heavy atom. The van der Waals surface area contributed by atoms with Crippen molar-refractivity contribution in [3.63, 3.8) is 0 Å². The molecule has 1 heteroatoms. The van der Waals surface area contributed by atoms with E-state index in [2.05, 4.69) is 53.0 Å². The predicted molar refractivity (Wildman–Crippen MR) is 47.2 cm³/mol. The van der Waals surface area contributed by atoms with Gasteiger partial charge < -0.3 is 0 Å². The molecule has 0 radical (unpaired) electrons. The Morgan fingerprint density at radius 3 is 2.83 bits per heavy atom. The van der Waals surface area contributed by atoms with Crippen molar-refractivity contribution in [2.24, 2.45) is 5.92 Å². The van der Waals surface area contributed by atoms with Crippen LogP contribution >= 0.6 is 0 Å². The van der Waals surface area contributed by atoms with Crippen molar-refractivity contribution < 1.29 is 15.7 Å². The van der Waals surface area contributed by atoms with Crippen LogP contribution in [0.25, 0.3) is 0 Å². The molecule has 2 aliphatic carbocycles. The van der Waals surface area contributed by atoms with E-state index in [0.717, 1.165) is 6.42 Å². The summed E-state index contributed by atoms with van der Waals surface area (Å²) in [5.41, 5.74) is 2.73. The maximum atomic E-state index is 4.56. The Morgan fingerprint density at radius 1 is 1.50 bits per heavy atom. The summed E-state index contributed by atoms with van der Waals surface area (Å²) in [5, 5.41) is 0. The molecule has 1 atom stereocenters. The average Bonchev–Trinajstić information content (AvgIpc) is 2.64. The van der Waals surface area contributed by atoms with Crippen LogP contribution in [0.1, 0.15) is 13.3 Å². The first-order valence-electron chi connectivity index (χ1n) is 4.21. The van der Waals surface area contributed by atoms with Gasteiger partial charge in [0.15, 0.2) is 0 Å². The second-order valence-corrected chi connectivity index (χ2v) is 3.77. The molecule has 12 heavy (non-hydrogen) atoms. The van der Waals surface area contributed by atoms with Gasteiger partial charge in [-0.1, -0.05) is 0 Å². The summed E-state index contributed by atoms with van der Waals surface area (Å²) in [6.07, 6.45) is 11.9. The summed E-state index contributed by atoms with van der Waals surface area (Å²) < 4.78 is 1.21. The summed E-state index contributed by atoms with van der Waals surface area (Å²) in [6, 6.07) is 0. The fourth-order valence-corrected chi connectivity index (χ4v) is 1.90. The molecule has 0 aliphatic heterocycles. The number of hydrogen-bond donors (Lipinski definition) is 0. The second kappa shape index (κ2) is 3.07. The van der Waals surface area contributed by atoms with Gasteiger partial charge in [-0.25, -0.2) is 0 Å². The van der Waals surface area contributed by atoms with Gasteiger partial charge in [0.05, 0.1) is 0 Å². The molecule has 1 unspecified atom stereocenters. The van der Waals surface area contributed by atoms with E-state index in [-0.39, 0.29) is 0 Å². The molecule has 0 spiro atoms. The molecule has 2 aliphatic rings. The van der Waals surface area contributed by atoms with Crippen molar-refractivity contribution in [1.82, 2.24) is 0 Å². The van der Waals surface area contributed by atoms with Crippen LogP contribution in [0.5, 0.6) is 0 Å². The van der Waals surface area contributed by atoms with Gasteiger partial charge in [0.25, 0.3) is 0 Å². The molecule has 0 aromatic heterocycles.